The van der Waals surface area contributed by atoms with Gasteiger partial charge in [0.25, 0.3) is 5.91 Å². The highest BCUT2D eigenvalue weighted by atomic mass is 16.6. The standard InChI is InChI=1S/C21H25NO7/c1-4-26-18-11-10-15(12-19(18)27-5-2)22-20(23)13-29-21(24)14-28-17-9-7-6-8-16(17)25-3/h6-12H,4-5,13-14H2,1-3H3,(H,22,23). The van der Waals surface area contributed by atoms with E-state index in [1.54, 1.807) is 42.5 Å². The first-order valence-electron chi connectivity index (χ1n) is 9.18. The van der Waals surface area contributed by atoms with E-state index in [4.69, 9.17) is 23.7 Å². The van der Waals surface area contributed by atoms with Crippen LogP contribution in [0.25, 0.3) is 0 Å². The molecular formula is C21H25NO7. The van der Waals surface area contributed by atoms with Crippen LogP contribution in [0.15, 0.2) is 42.5 Å². The third-order valence-electron chi connectivity index (χ3n) is 3.61. The summed E-state index contributed by atoms with van der Waals surface area (Å²) in [4.78, 5) is 23.9. The summed E-state index contributed by atoms with van der Waals surface area (Å²) >= 11 is 0. The molecule has 0 saturated heterocycles. The van der Waals surface area contributed by atoms with Crippen LogP contribution in [0.5, 0.6) is 23.0 Å². The average molecular weight is 403 g/mol. The van der Waals surface area contributed by atoms with Crippen LogP contribution in [0, 0.1) is 0 Å². The van der Waals surface area contributed by atoms with Gasteiger partial charge in [-0.05, 0) is 38.1 Å². The van der Waals surface area contributed by atoms with E-state index < -0.39 is 18.5 Å². The van der Waals surface area contributed by atoms with Crippen LogP contribution in [-0.2, 0) is 14.3 Å². The highest BCUT2D eigenvalue weighted by Crippen LogP contribution is 2.30. The van der Waals surface area contributed by atoms with E-state index in [0.717, 1.165) is 0 Å². The average Bonchev–Trinajstić information content (AvgIpc) is 2.73. The van der Waals surface area contributed by atoms with Crippen molar-refractivity contribution in [2.75, 3.05) is 38.9 Å². The number of amides is 1. The minimum Gasteiger partial charge on any atom is -0.493 e. The molecule has 8 heteroatoms. The molecule has 0 unspecified atom stereocenters. The Labute approximate surface area is 169 Å². The second kappa shape index (κ2) is 11.4. The van der Waals surface area contributed by atoms with Gasteiger partial charge in [0.05, 0.1) is 20.3 Å². The SMILES string of the molecule is CCOc1ccc(NC(=O)COC(=O)COc2ccccc2OC)cc1OCC. The number of esters is 1. The molecule has 0 saturated carbocycles. The highest BCUT2D eigenvalue weighted by molar-refractivity contribution is 5.93. The summed E-state index contributed by atoms with van der Waals surface area (Å²) in [6.07, 6.45) is 0. The molecule has 0 aliphatic heterocycles. The number of methoxy groups -OCH3 is 1. The summed E-state index contributed by atoms with van der Waals surface area (Å²) in [5.41, 5.74) is 0.503. The van der Waals surface area contributed by atoms with Gasteiger partial charge in [-0.25, -0.2) is 4.79 Å². The van der Waals surface area contributed by atoms with Gasteiger partial charge in [0.2, 0.25) is 0 Å². The van der Waals surface area contributed by atoms with E-state index >= 15 is 0 Å². The zero-order chi connectivity index (χ0) is 21.1. The Morgan fingerprint density at radius 2 is 1.48 bits per heavy atom. The predicted octanol–water partition coefficient (Wildman–Crippen LogP) is 3.05. The fourth-order valence-electron chi connectivity index (χ4n) is 2.39. The first-order chi connectivity index (χ1) is 14.1. The number of anilines is 1. The van der Waals surface area contributed by atoms with Crippen LogP contribution in [0.4, 0.5) is 5.69 Å². The smallest absolute Gasteiger partial charge is 0.344 e. The molecule has 0 heterocycles. The van der Waals surface area contributed by atoms with E-state index in [2.05, 4.69) is 5.32 Å². The molecule has 0 bridgehead atoms. The normalized spacial score (nSPS) is 10.0. The molecule has 0 aliphatic rings. The lowest BCUT2D eigenvalue weighted by Gasteiger charge is -2.13. The molecule has 0 radical (unpaired) electrons. The number of rotatable bonds is 11. The molecule has 0 aliphatic carbocycles. The maximum atomic E-state index is 12.1. The molecule has 0 aromatic heterocycles. The van der Waals surface area contributed by atoms with Crippen LogP contribution in [0.3, 0.4) is 0 Å². The second-order valence-corrected chi connectivity index (χ2v) is 5.68. The van der Waals surface area contributed by atoms with Gasteiger partial charge in [0.15, 0.2) is 36.2 Å². The van der Waals surface area contributed by atoms with Crippen molar-refractivity contribution in [2.24, 2.45) is 0 Å². The quantitative estimate of drug-likeness (QED) is 0.577. The molecule has 156 valence electrons. The van der Waals surface area contributed by atoms with E-state index in [1.807, 2.05) is 13.8 Å². The molecule has 8 nitrogen and oxygen atoms in total. The van der Waals surface area contributed by atoms with Gasteiger partial charge in [0, 0.05) is 11.8 Å². The van der Waals surface area contributed by atoms with E-state index in [0.29, 0.717) is 41.9 Å². The van der Waals surface area contributed by atoms with Gasteiger partial charge in [-0.1, -0.05) is 12.1 Å². The number of nitrogens with one attached hydrogen (secondary N) is 1. The van der Waals surface area contributed by atoms with Crippen molar-refractivity contribution in [1.82, 2.24) is 0 Å². The van der Waals surface area contributed by atoms with Crippen LogP contribution < -0.4 is 24.3 Å². The molecule has 29 heavy (non-hydrogen) atoms. The third kappa shape index (κ3) is 6.91. The van der Waals surface area contributed by atoms with Gasteiger partial charge in [-0.2, -0.15) is 0 Å². The maximum Gasteiger partial charge on any atom is 0.344 e. The van der Waals surface area contributed by atoms with E-state index in [1.165, 1.54) is 7.11 Å². The van der Waals surface area contributed by atoms with Crippen molar-refractivity contribution in [3.8, 4) is 23.0 Å². The zero-order valence-electron chi connectivity index (χ0n) is 16.7. The molecule has 2 aromatic rings. The highest BCUT2D eigenvalue weighted by Gasteiger charge is 2.12. The van der Waals surface area contributed by atoms with Crippen molar-refractivity contribution in [3.63, 3.8) is 0 Å². The summed E-state index contributed by atoms with van der Waals surface area (Å²) in [5.74, 6) is 0.865. The summed E-state index contributed by atoms with van der Waals surface area (Å²) in [5, 5.41) is 2.64. The van der Waals surface area contributed by atoms with Gasteiger partial charge in [-0.3, -0.25) is 4.79 Å². The molecule has 2 aromatic carbocycles. The number of benzene rings is 2. The second-order valence-electron chi connectivity index (χ2n) is 5.68. The minimum absolute atomic E-state index is 0.342. The van der Waals surface area contributed by atoms with Crippen LogP contribution in [0.2, 0.25) is 0 Å². The number of hydrogen-bond acceptors (Lipinski definition) is 7. The summed E-state index contributed by atoms with van der Waals surface area (Å²) < 4.78 is 26.4. The first-order valence-corrected chi connectivity index (χ1v) is 9.18. The van der Waals surface area contributed by atoms with Gasteiger partial charge in [0.1, 0.15) is 0 Å². The molecule has 2 rings (SSSR count). The Bertz CT molecular complexity index is 822. The van der Waals surface area contributed by atoms with Gasteiger partial charge >= 0.3 is 5.97 Å². The van der Waals surface area contributed by atoms with Crippen LogP contribution >= 0.6 is 0 Å². The predicted molar refractivity (Wildman–Crippen MR) is 107 cm³/mol. The fourth-order valence-corrected chi connectivity index (χ4v) is 2.39. The Kier molecular flexibility index (Phi) is 8.62. The number of hydrogen-bond donors (Lipinski definition) is 1. The molecule has 0 fully saturated rings. The fraction of sp³-hybridized carbons (Fsp3) is 0.333. The van der Waals surface area contributed by atoms with E-state index in [9.17, 15) is 9.59 Å². The largest absolute Gasteiger partial charge is 0.493 e. The third-order valence-corrected chi connectivity index (χ3v) is 3.61. The Balaban J connectivity index is 1.83. The van der Waals surface area contributed by atoms with Crippen LogP contribution in [-0.4, -0.2) is 45.4 Å². The topological polar surface area (TPSA) is 92.3 Å². The molecule has 0 spiro atoms. The molecule has 1 amide bonds. The first kappa shape index (κ1) is 21.9. The van der Waals surface area contributed by atoms with Crippen molar-refractivity contribution in [3.05, 3.63) is 42.5 Å². The lowest BCUT2D eigenvalue weighted by molar-refractivity contribution is -0.149. The summed E-state index contributed by atoms with van der Waals surface area (Å²) in [6.45, 7) is 3.90. The van der Waals surface area contributed by atoms with E-state index in [-0.39, 0.29) is 6.61 Å². The Morgan fingerprint density at radius 1 is 0.828 bits per heavy atom. The number of carbonyl (C=O) groups excluding carboxylic acids is 2. The van der Waals surface area contributed by atoms with Crippen LogP contribution in [0.1, 0.15) is 13.8 Å². The van der Waals surface area contributed by atoms with Crippen molar-refractivity contribution < 1.29 is 33.3 Å². The van der Waals surface area contributed by atoms with Crippen molar-refractivity contribution >= 4 is 17.6 Å². The molecule has 1 N–H and O–H groups in total. The van der Waals surface area contributed by atoms with Crippen molar-refractivity contribution in [2.45, 2.75) is 13.8 Å². The maximum absolute atomic E-state index is 12.1. The van der Waals surface area contributed by atoms with Gasteiger partial charge in [-0.15, -0.1) is 0 Å². The Morgan fingerprint density at radius 3 is 2.17 bits per heavy atom. The molecule has 0 atom stereocenters. The number of ether oxygens (including phenoxy) is 5. The number of carbonyl (C=O) groups is 2. The monoisotopic (exact) mass is 403 g/mol. The minimum atomic E-state index is -0.673. The summed E-state index contributed by atoms with van der Waals surface area (Å²) in [6, 6.07) is 12.0. The molecular weight excluding hydrogens is 378 g/mol. The Hall–Kier alpha value is -3.42. The van der Waals surface area contributed by atoms with Gasteiger partial charge < -0.3 is 29.0 Å². The zero-order valence-corrected chi connectivity index (χ0v) is 16.7. The van der Waals surface area contributed by atoms with Crippen molar-refractivity contribution in [1.29, 1.82) is 0 Å². The lowest BCUT2D eigenvalue weighted by atomic mass is 10.2. The number of para-hydroxylation sites is 2. The lowest BCUT2D eigenvalue weighted by Crippen LogP contribution is -2.23. The summed E-state index contributed by atoms with van der Waals surface area (Å²) in [7, 11) is 1.50.